The van der Waals surface area contributed by atoms with Gasteiger partial charge in [-0.15, -0.1) is 0 Å². The van der Waals surface area contributed by atoms with Crippen LogP contribution in [0.4, 0.5) is 4.39 Å². The Morgan fingerprint density at radius 3 is 2.22 bits per heavy atom. The van der Waals surface area contributed by atoms with Crippen LogP contribution in [0.5, 0.6) is 0 Å². The van der Waals surface area contributed by atoms with Gasteiger partial charge >= 0.3 is 0 Å². The molecule has 0 spiro atoms. The Balaban J connectivity index is 1.92. The lowest BCUT2D eigenvalue weighted by Gasteiger charge is -2.07. The van der Waals surface area contributed by atoms with Crippen LogP contribution < -0.4 is 5.32 Å². The first-order valence-electron chi connectivity index (χ1n) is 6.16. The molecule has 2 heteroatoms. The summed E-state index contributed by atoms with van der Waals surface area (Å²) in [5.41, 5.74) is 4.79. The van der Waals surface area contributed by atoms with E-state index in [4.69, 9.17) is 0 Å². The number of halogens is 1. The van der Waals surface area contributed by atoms with Crippen LogP contribution in [0.3, 0.4) is 0 Å². The van der Waals surface area contributed by atoms with Gasteiger partial charge in [-0.25, -0.2) is 4.39 Å². The topological polar surface area (TPSA) is 12.0 Å². The fraction of sp³-hybridized carbons (Fsp3) is 0.250. The number of benzene rings is 2. The molecule has 0 fully saturated rings. The second kappa shape index (κ2) is 5.78. The molecule has 0 aromatic heterocycles. The molecule has 0 aliphatic carbocycles. The van der Waals surface area contributed by atoms with Crippen molar-refractivity contribution in [3.05, 3.63) is 70.5 Å². The minimum absolute atomic E-state index is 0.180. The number of aryl methyl sites for hydroxylation is 2. The first-order chi connectivity index (χ1) is 8.63. The highest BCUT2D eigenvalue weighted by Crippen LogP contribution is 2.09. The standard InChI is InChI=1S/C16H18FN/c1-12-6-13(2)8-15(7-12)11-18-10-14-4-3-5-16(17)9-14/h3-9,18H,10-11H2,1-2H3. The molecule has 1 nitrogen and oxygen atoms in total. The van der Waals surface area contributed by atoms with E-state index >= 15 is 0 Å². The van der Waals surface area contributed by atoms with E-state index in [2.05, 4.69) is 37.4 Å². The molecule has 0 heterocycles. The van der Waals surface area contributed by atoms with Crippen LogP contribution in [-0.2, 0) is 13.1 Å². The predicted molar refractivity (Wildman–Crippen MR) is 72.9 cm³/mol. The molecule has 0 bridgehead atoms. The molecule has 18 heavy (non-hydrogen) atoms. The Bertz CT molecular complexity index is 514. The van der Waals surface area contributed by atoms with Crippen molar-refractivity contribution >= 4 is 0 Å². The van der Waals surface area contributed by atoms with Gasteiger partial charge in [-0.05, 0) is 37.1 Å². The number of hydrogen-bond donors (Lipinski definition) is 1. The fourth-order valence-electron chi connectivity index (χ4n) is 2.17. The molecule has 0 atom stereocenters. The summed E-state index contributed by atoms with van der Waals surface area (Å²) in [4.78, 5) is 0. The van der Waals surface area contributed by atoms with E-state index < -0.39 is 0 Å². The maximum absolute atomic E-state index is 13.0. The van der Waals surface area contributed by atoms with Crippen LogP contribution >= 0.6 is 0 Å². The summed E-state index contributed by atoms with van der Waals surface area (Å²) in [6.45, 7) is 5.69. The third-order valence-electron chi connectivity index (χ3n) is 2.83. The summed E-state index contributed by atoms with van der Waals surface area (Å²) < 4.78 is 13.0. The van der Waals surface area contributed by atoms with Gasteiger partial charge in [0.25, 0.3) is 0 Å². The minimum atomic E-state index is -0.180. The van der Waals surface area contributed by atoms with Gasteiger partial charge in [-0.3, -0.25) is 0 Å². The summed E-state index contributed by atoms with van der Waals surface area (Å²) >= 11 is 0. The van der Waals surface area contributed by atoms with Crippen LogP contribution in [0.25, 0.3) is 0 Å². The Morgan fingerprint density at radius 1 is 0.889 bits per heavy atom. The van der Waals surface area contributed by atoms with E-state index in [0.29, 0.717) is 6.54 Å². The lowest BCUT2D eigenvalue weighted by atomic mass is 10.1. The fourth-order valence-corrected chi connectivity index (χ4v) is 2.17. The van der Waals surface area contributed by atoms with Gasteiger partial charge in [0.15, 0.2) is 0 Å². The molecule has 1 N–H and O–H groups in total. The van der Waals surface area contributed by atoms with Gasteiger partial charge in [-0.1, -0.05) is 41.5 Å². The van der Waals surface area contributed by atoms with E-state index in [1.807, 2.05) is 6.07 Å². The van der Waals surface area contributed by atoms with Crippen molar-refractivity contribution in [3.63, 3.8) is 0 Å². The van der Waals surface area contributed by atoms with Crippen LogP contribution in [0.2, 0.25) is 0 Å². The van der Waals surface area contributed by atoms with Crippen molar-refractivity contribution in [2.75, 3.05) is 0 Å². The largest absolute Gasteiger partial charge is 0.309 e. The highest BCUT2D eigenvalue weighted by molar-refractivity contribution is 5.28. The number of rotatable bonds is 4. The molecule has 0 amide bonds. The van der Waals surface area contributed by atoms with E-state index in [-0.39, 0.29) is 5.82 Å². The monoisotopic (exact) mass is 243 g/mol. The third kappa shape index (κ3) is 3.67. The van der Waals surface area contributed by atoms with Crippen LogP contribution in [-0.4, -0.2) is 0 Å². The molecule has 0 saturated heterocycles. The number of nitrogens with one attached hydrogen (secondary N) is 1. The van der Waals surface area contributed by atoms with Crippen molar-refractivity contribution in [2.45, 2.75) is 26.9 Å². The van der Waals surface area contributed by atoms with Crippen LogP contribution in [0, 0.1) is 19.7 Å². The molecule has 0 aliphatic heterocycles. The minimum Gasteiger partial charge on any atom is -0.309 e. The summed E-state index contributed by atoms with van der Waals surface area (Å²) in [5, 5.41) is 3.33. The molecule has 0 aliphatic rings. The maximum atomic E-state index is 13.0. The van der Waals surface area contributed by atoms with E-state index in [1.54, 1.807) is 12.1 Å². The maximum Gasteiger partial charge on any atom is 0.123 e. The van der Waals surface area contributed by atoms with Gasteiger partial charge in [0.1, 0.15) is 5.82 Å². The normalized spacial score (nSPS) is 10.6. The smallest absolute Gasteiger partial charge is 0.123 e. The Labute approximate surface area is 108 Å². The van der Waals surface area contributed by atoms with Crippen molar-refractivity contribution in [3.8, 4) is 0 Å². The molecule has 0 unspecified atom stereocenters. The van der Waals surface area contributed by atoms with E-state index in [1.165, 1.54) is 22.8 Å². The quantitative estimate of drug-likeness (QED) is 0.862. The summed E-state index contributed by atoms with van der Waals surface area (Å²) in [5.74, 6) is -0.180. The average molecular weight is 243 g/mol. The summed E-state index contributed by atoms with van der Waals surface area (Å²) in [7, 11) is 0. The van der Waals surface area contributed by atoms with Crippen molar-refractivity contribution in [2.24, 2.45) is 0 Å². The zero-order valence-electron chi connectivity index (χ0n) is 10.8. The van der Waals surface area contributed by atoms with Gasteiger partial charge in [-0.2, -0.15) is 0 Å². The lowest BCUT2D eigenvalue weighted by Crippen LogP contribution is -2.13. The second-order valence-electron chi connectivity index (χ2n) is 4.73. The van der Waals surface area contributed by atoms with Crippen molar-refractivity contribution in [1.29, 1.82) is 0 Å². The van der Waals surface area contributed by atoms with Gasteiger partial charge < -0.3 is 5.32 Å². The first kappa shape index (κ1) is 12.8. The zero-order valence-corrected chi connectivity index (χ0v) is 10.8. The van der Waals surface area contributed by atoms with Gasteiger partial charge in [0, 0.05) is 13.1 Å². The average Bonchev–Trinajstić information content (AvgIpc) is 2.27. The molecule has 0 radical (unpaired) electrons. The second-order valence-corrected chi connectivity index (χ2v) is 4.73. The molecular formula is C16H18FN. The third-order valence-corrected chi connectivity index (χ3v) is 2.83. The SMILES string of the molecule is Cc1cc(C)cc(CNCc2cccc(F)c2)c1. The summed E-state index contributed by atoms with van der Waals surface area (Å²) in [6, 6.07) is 13.2. The predicted octanol–water partition coefficient (Wildman–Crippen LogP) is 3.73. The van der Waals surface area contributed by atoms with Crippen molar-refractivity contribution in [1.82, 2.24) is 5.32 Å². The van der Waals surface area contributed by atoms with Gasteiger partial charge in [0.05, 0.1) is 0 Å². The van der Waals surface area contributed by atoms with E-state index in [9.17, 15) is 4.39 Å². The van der Waals surface area contributed by atoms with E-state index in [0.717, 1.165) is 12.1 Å². The number of hydrogen-bond acceptors (Lipinski definition) is 1. The van der Waals surface area contributed by atoms with Crippen LogP contribution in [0.15, 0.2) is 42.5 Å². The molecule has 2 aromatic rings. The highest BCUT2D eigenvalue weighted by Gasteiger charge is 1.98. The summed E-state index contributed by atoms with van der Waals surface area (Å²) in [6.07, 6.45) is 0. The lowest BCUT2D eigenvalue weighted by molar-refractivity contribution is 0.620. The van der Waals surface area contributed by atoms with Gasteiger partial charge in [0.2, 0.25) is 0 Å². The van der Waals surface area contributed by atoms with Crippen molar-refractivity contribution < 1.29 is 4.39 Å². The Kier molecular flexibility index (Phi) is 4.11. The molecule has 0 saturated carbocycles. The first-order valence-corrected chi connectivity index (χ1v) is 6.16. The highest BCUT2D eigenvalue weighted by atomic mass is 19.1. The Hall–Kier alpha value is -1.67. The Morgan fingerprint density at radius 2 is 1.56 bits per heavy atom. The molecule has 2 aromatic carbocycles. The zero-order chi connectivity index (χ0) is 13.0. The van der Waals surface area contributed by atoms with Crippen LogP contribution in [0.1, 0.15) is 22.3 Å². The molecule has 2 rings (SSSR count). The molecule has 94 valence electrons. The molecular weight excluding hydrogens is 225 g/mol.